The van der Waals surface area contributed by atoms with E-state index in [0.29, 0.717) is 5.56 Å². The Kier molecular flexibility index (Phi) is 3.49. The predicted molar refractivity (Wildman–Crippen MR) is 71.4 cm³/mol. The third kappa shape index (κ3) is 2.08. The van der Waals surface area contributed by atoms with Crippen LogP contribution in [0.4, 0.5) is 0 Å². The molecular weight excluding hydrogens is 282 g/mol. The van der Waals surface area contributed by atoms with Crippen LogP contribution in [0.15, 0.2) is 33.5 Å². The summed E-state index contributed by atoms with van der Waals surface area (Å²) in [6.45, 7) is 2.25. The summed E-state index contributed by atoms with van der Waals surface area (Å²) in [5.74, 6) is 0. The number of hydrogen-bond acceptors (Lipinski definition) is 2. The van der Waals surface area contributed by atoms with Crippen molar-refractivity contribution in [1.29, 1.82) is 0 Å². The lowest BCUT2D eigenvalue weighted by Gasteiger charge is -2.03. The molecule has 17 heavy (non-hydrogen) atoms. The number of H-pyrrole nitrogens is 1. The number of aromatic nitrogens is 2. The van der Waals surface area contributed by atoms with Crippen molar-refractivity contribution >= 4 is 15.9 Å². The van der Waals surface area contributed by atoms with Crippen molar-refractivity contribution in [2.75, 3.05) is 0 Å². The van der Waals surface area contributed by atoms with Gasteiger partial charge in [-0.3, -0.25) is 9.89 Å². The van der Waals surface area contributed by atoms with Crippen LogP contribution in [0.25, 0.3) is 5.69 Å². The van der Waals surface area contributed by atoms with Crippen LogP contribution in [0.3, 0.4) is 0 Å². The number of halogens is 1. The van der Waals surface area contributed by atoms with Gasteiger partial charge in [0.15, 0.2) is 0 Å². The van der Waals surface area contributed by atoms with Gasteiger partial charge in [0.25, 0.3) is 5.56 Å². The van der Waals surface area contributed by atoms with Gasteiger partial charge in [-0.15, -0.1) is 0 Å². The van der Waals surface area contributed by atoms with Crippen LogP contribution in [0.2, 0.25) is 0 Å². The predicted octanol–water partition coefficient (Wildman–Crippen LogP) is 1.95. The summed E-state index contributed by atoms with van der Waals surface area (Å²) in [6, 6.07) is 7.57. The molecule has 3 N–H and O–H groups in total. The first-order valence-electron chi connectivity index (χ1n) is 5.46. The summed E-state index contributed by atoms with van der Waals surface area (Å²) >= 11 is 3.43. The molecule has 2 rings (SSSR count). The molecule has 0 aliphatic carbocycles. The van der Waals surface area contributed by atoms with Crippen molar-refractivity contribution in [3.05, 3.63) is 50.3 Å². The summed E-state index contributed by atoms with van der Waals surface area (Å²) in [6.07, 6.45) is 0.763. The number of hydrogen-bond donors (Lipinski definition) is 2. The van der Waals surface area contributed by atoms with Gasteiger partial charge in [0.05, 0.1) is 11.3 Å². The van der Waals surface area contributed by atoms with Crippen LogP contribution >= 0.6 is 15.9 Å². The molecule has 1 heterocycles. The molecule has 2 aromatic rings. The highest BCUT2D eigenvalue weighted by atomic mass is 79.9. The van der Waals surface area contributed by atoms with Gasteiger partial charge in [-0.2, -0.15) is 0 Å². The van der Waals surface area contributed by atoms with Gasteiger partial charge in [0, 0.05) is 16.7 Å². The van der Waals surface area contributed by atoms with E-state index in [-0.39, 0.29) is 12.1 Å². The third-order valence-corrected chi connectivity index (χ3v) is 3.39. The van der Waals surface area contributed by atoms with Crippen LogP contribution in [-0.2, 0) is 13.0 Å². The molecular formula is C12H14BrN3O. The van der Waals surface area contributed by atoms with Gasteiger partial charge in [-0.05, 0) is 34.5 Å². The molecule has 4 nitrogen and oxygen atoms in total. The monoisotopic (exact) mass is 295 g/mol. The van der Waals surface area contributed by atoms with Gasteiger partial charge in [-0.1, -0.05) is 19.1 Å². The Morgan fingerprint density at radius 1 is 1.41 bits per heavy atom. The number of para-hydroxylation sites is 1. The summed E-state index contributed by atoms with van der Waals surface area (Å²) in [5.41, 5.74) is 7.89. The number of nitrogens with one attached hydrogen (secondary N) is 1. The minimum absolute atomic E-state index is 0.0729. The standard InChI is InChI=1S/C12H14BrN3O/c1-2-10-8(7-14)12(17)16(15-10)11-6-4-3-5-9(11)13/h3-6,15H,2,7,14H2,1H3. The van der Waals surface area contributed by atoms with Crippen LogP contribution in [0, 0.1) is 0 Å². The molecule has 1 aromatic carbocycles. The van der Waals surface area contributed by atoms with Crippen LogP contribution < -0.4 is 11.3 Å². The van der Waals surface area contributed by atoms with E-state index in [2.05, 4.69) is 21.0 Å². The number of nitrogens with two attached hydrogens (primary N) is 1. The Morgan fingerprint density at radius 3 is 2.65 bits per heavy atom. The molecule has 0 radical (unpaired) electrons. The number of aromatic amines is 1. The minimum atomic E-state index is -0.0729. The normalized spacial score (nSPS) is 10.8. The zero-order valence-corrected chi connectivity index (χ0v) is 11.1. The van der Waals surface area contributed by atoms with Gasteiger partial charge in [-0.25, -0.2) is 4.68 Å². The highest BCUT2D eigenvalue weighted by Crippen LogP contribution is 2.19. The molecule has 1 aromatic heterocycles. The molecule has 5 heteroatoms. The molecule has 0 aliphatic rings. The summed E-state index contributed by atoms with van der Waals surface area (Å²) < 4.78 is 2.40. The van der Waals surface area contributed by atoms with E-state index in [0.717, 1.165) is 22.3 Å². The summed E-state index contributed by atoms with van der Waals surface area (Å²) in [7, 11) is 0. The zero-order valence-electron chi connectivity index (χ0n) is 9.53. The Labute approximate surface area is 108 Å². The van der Waals surface area contributed by atoms with Crippen LogP contribution in [-0.4, -0.2) is 9.78 Å². The molecule has 0 spiro atoms. The van der Waals surface area contributed by atoms with E-state index in [1.54, 1.807) is 0 Å². The third-order valence-electron chi connectivity index (χ3n) is 2.72. The van der Waals surface area contributed by atoms with Gasteiger partial charge >= 0.3 is 0 Å². The second kappa shape index (κ2) is 4.89. The first-order valence-corrected chi connectivity index (χ1v) is 6.26. The fraction of sp³-hybridized carbons (Fsp3) is 0.250. The smallest absolute Gasteiger partial charge is 0.276 e. The minimum Gasteiger partial charge on any atom is -0.326 e. The average Bonchev–Trinajstić information content (AvgIpc) is 2.66. The Bertz CT molecular complexity index is 586. The first kappa shape index (κ1) is 12.1. The molecule has 0 saturated carbocycles. The number of rotatable bonds is 3. The van der Waals surface area contributed by atoms with Crippen molar-refractivity contribution in [3.63, 3.8) is 0 Å². The Morgan fingerprint density at radius 2 is 2.12 bits per heavy atom. The van der Waals surface area contributed by atoms with Gasteiger partial charge < -0.3 is 5.73 Å². The van der Waals surface area contributed by atoms with Crippen molar-refractivity contribution in [3.8, 4) is 5.69 Å². The van der Waals surface area contributed by atoms with Crippen LogP contribution in [0.5, 0.6) is 0 Å². The number of nitrogens with zero attached hydrogens (tertiary/aromatic N) is 1. The first-order chi connectivity index (χ1) is 8.19. The lowest BCUT2D eigenvalue weighted by atomic mass is 10.2. The van der Waals surface area contributed by atoms with Crippen molar-refractivity contribution in [2.24, 2.45) is 5.73 Å². The molecule has 90 valence electrons. The molecule has 0 bridgehead atoms. The second-order valence-corrected chi connectivity index (χ2v) is 4.57. The van der Waals surface area contributed by atoms with E-state index >= 15 is 0 Å². The van der Waals surface area contributed by atoms with E-state index in [4.69, 9.17) is 5.73 Å². The Balaban J connectivity index is 2.65. The quantitative estimate of drug-likeness (QED) is 0.909. The SMILES string of the molecule is CCc1[nH]n(-c2ccccc2Br)c(=O)c1CN. The fourth-order valence-corrected chi connectivity index (χ4v) is 2.28. The topological polar surface area (TPSA) is 63.8 Å². The van der Waals surface area contributed by atoms with Gasteiger partial charge in [0.1, 0.15) is 0 Å². The zero-order chi connectivity index (χ0) is 12.4. The van der Waals surface area contributed by atoms with Crippen molar-refractivity contribution < 1.29 is 0 Å². The molecule has 0 fully saturated rings. The van der Waals surface area contributed by atoms with Crippen molar-refractivity contribution in [1.82, 2.24) is 9.78 Å². The highest BCUT2D eigenvalue weighted by molar-refractivity contribution is 9.10. The summed E-state index contributed by atoms with van der Waals surface area (Å²) in [4.78, 5) is 12.2. The van der Waals surface area contributed by atoms with E-state index < -0.39 is 0 Å². The molecule has 0 unspecified atom stereocenters. The van der Waals surface area contributed by atoms with Crippen LogP contribution in [0.1, 0.15) is 18.2 Å². The van der Waals surface area contributed by atoms with Gasteiger partial charge in [0.2, 0.25) is 0 Å². The maximum Gasteiger partial charge on any atom is 0.276 e. The van der Waals surface area contributed by atoms with Crippen molar-refractivity contribution in [2.45, 2.75) is 19.9 Å². The summed E-state index contributed by atoms with van der Waals surface area (Å²) in [5, 5.41) is 3.10. The molecule has 0 amide bonds. The lowest BCUT2D eigenvalue weighted by molar-refractivity contribution is 0.816. The van der Waals surface area contributed by atoms with E-state index in [9.17, 15) is 4.79 Å². The van der Waals surface area contributed by atoms with E-state index in [1.165, 1.54) is 4.68 Å². The second-order valence-electron chi connectivity index (χ2n) is 3.72. The molecule has 0 saturated heterocycles. The largest absolute Gasteiger partial charge is 0.326 e. The number of aryl methyl sites for hydroxylation is 1. The maximum atomic E-state index is 12.2. The molecule has 0 atom stereocenters. The van der Waals surface area contributed by atoms with E-state index in [1.807, 2.05) is 31.2 Å². The average molecular weight is 296 g/mol. The molecule has 0 aliphatic heterocycles. The maximum absolute atomic E-state index is 12.2. The fourth-order valence-electron chi connectivity index (χ4n) is 1.82. The Hall–Kier alpha value is -1.33. The number of benzene rings is 1. The lowest BCUT2D eigenvalue weighted by Crippen LogP contribution is -2.19. The highest BCUT2D eigenvalue weighted by Gasteiger charge is 2.13.